The van der Waals surface area contributed by atoms with E-state index in [1.54, 1.807) is 6.20 Å². The smallest absolute Gasteiger partial charge is 0.326 e. The van der Waals surface area contributed by atoms with Crippen molar-refractivity contribution in [3.63, 3.8) is 0 Å². The van der Waals surface area contributed by atoms with Gasteiger partial charge in [-0.15, -0.1) is 0 Å². The van der Waals surface area contributed by atoms with Gasteiger partial charge in [-0.3, -0.25) is 47.9 Å². The number of nitrogens with two attached hydrogens (primary N) is 1. The summed E-state index contributed by atoms with van der Waals surface area (Å²) in [5, 5.41) is 45.8. The first-order chi connectivity index (χ1) is 28.2. The molecule has 0 bridgehead atoms. The Morgan fingerprint density at radius 2 is 1.22 bits per heavy atom. The molecule has 2 aromatic rings. The maximum Gasteiger partial charge on any atom is 0.326 e. The molecule has 0 saturated carbocycles. The molecular formula is C35H48N10O14S. The summed E-state index contributed by atoms with van der Waals surface area (Å²) in [4.78, 5) is 137. The first-order valence-corrected chi connectivity index (χ1v) is 18.7. The highest BCUT2D eigenvalue weighted by Gasteiger charge is 2.29. The molecule has 60 heavy (non-hydrogen) atoms. The third-order valence-electron chi connectivity index (χ3n) is 8.37. The van der Waals surface area contributed by atoms with Crippen LogP contribution in [-0.2, 0) is 59.2 Å². The highest BCUT2D eigenvalue weighted by atomic mass is 32.1. The predicted octanol–water partition coefficient (Wildman–Crippen LogP) is -4.80. The van der Waals surface area contributed by atoms with E-state index in [2.05, 4.69) is 60.1 Å². The average molecular weight is 865 g/mol. The van der Waals surface area contributed by atoms with Gasteiger partial charge in [0.2, 0.25) is 47.3 Å². The quantitative estimate of drug-likeness (QED) is 0.0417. The molecule has 0 aliphatic rings. The van der Waals surface area contributed by atoms with Crippen LogP contribution in [-0.4, -0.2) is 147 Å². The van der Waals surface area contributed by atoms with E-state index in [0.29, 0.717) is 0 Å². The predicted molar refractivity (Wildman–Crippen MR) is 211 cm³/mol. The van der Waals surface area contributed by atoms with E-state index in [1.807, 2.05) is 24.3 Å². The summed E-state index contributed by atoms with van der Waals surface area (Å²) < 4.78 is 0. The first kappa shape index (κ1) is 49.4. The Balaban J connectivity index is 1.80. The number of aromatic nitrogens is 1. The second-order valence-corrected chi connectivity index (χ2v) is 13.6. The molecule has 25 heteroatoms. The first-order valence-electron chi connectivity index (χ1n) is 18.1. The van der Waals surface area contributed by atoms with Crippen LogP contribution < -0.4 is 48.3 Å². The Kier molecular flexibility index (Phi) is 19.9. The third-order valence-corrected chi connectivity index (χ3v) is 8.74. The molecule has 0 aliphatic carbocycles. The zero-order valence-corrected chi connectivity index (χ0v) is 33.3. The average Bonchev–Trinajstić information content (AvgIpc) is 3.60. The van der Waals surface area contributed by atoms with Gasteiger partial charge >= 0.3 is 17.9 Å². The second-order valence-electron chi connectivity index (χ2n) is 13.2. The summed E-state index contributed by atoms with van der Waals surface area (Å²) in [5.74, 6) is -11.9. The standard InChI is InChI=1S/C35H48N10O14S/c1-16(41-32(55)20(36)9-18-11-37-21-6-4-3-5-19(18)21)30(53)39-12-25(46)38-13-26(47)44-23(10-29(51)52)34(57)42-17(2)31(54)45-24(15-60)33(56)40-14-27(48)43-22(35(58)59)7-8-28(49)50/h3-6,11,16-17,20,22-24,37,60H,7-10,12-15,36H2,1-2H3,(H,38,46)(H,39,53)(H,40,56)(H,41,55)(H,42,57)(H,43,48)(H,44,47)(H,45,54)(H,49,50)(H,51,52)(H,58,59)/t16-,17-,20-,22-,23-,24-/m0/s1. The van der Waals surface area contributed by atoms with Gasteiger partial charge < -0.3 is 68.6 Å². The number of para-hydroxylation sites is 1. The molecular weight excluding hydrogens is 817 g/mol. The van der Waals surface area contributed by atoms with Gasteiger partial charge in [-0.25, -0.2) is 4.79 Å². The Labute approximate surface area is 346 Å². The number of carbonyl (C=O) groups is 11. The largest absolute Gasteiger partial charge is 0.481 e. The van der Waals surface area contributed by atoms with E-state index >= 15 is 0 Å². The lowest BCUT2D eigenvalue weighted by atomic mass is 10.0. The number of carboxylic acids is 3. The van der Waals surface area contributed by atoms with Crippen LogP contribution in [0.4, 0.5) is 0 Å². The van der Waals surface area contributed by atoms with Crippen LogP contribution in [0.25, 0.3) is 10.9 Å². The lowest BCUT2D eigenvalue weighted by Crippen LogP contribution is -2.57. The van der Waals surface area contributed by atoms with Crippen LogP contribution in [0.5, 0.6) is 0 Å². The molecule has 14 N–H and O–H groups in total. The minimum atomic E-state index is -1.75. The number of aliphatic carboxylic acids is 3. The van der Waals surface area contributed by atoms with Crippen molar-refractivity contribution in [3.05, 3.63) is 36.0 Å². The Hall–Kier alpha value is -6.76. The molecule has 0 saturated heterocycles. The van der Waals surface area contributed by atoms with Gasteiger partial charge in [0.25, 0.3) is 0 Å². The number of benzene rings is 1. The lowest BCUT2D eigenvalue weighted by molar-refractivity contribution is -0.143. The fourth-order valence-electron chi connectivity index (χ4n) is 5.14. The minimum absolute atomic E-state index is 0.182. The zero-order chi connectivity index (χ0) is 45.1. The number of hydrogen-bond donors (Lipinski definition) is 14. The zero-order valence-electron chi connectivity index (χ0n) is 32.4. The van der Waals surface area contributed by atoms with Crippen molar-refractivity contribution >= 4 is 88.7 Å². The van der Waals surface area contributed by atoms with E-state index in [1.165, 1.54) is 6.92 Å². The number of H-pyrrole nitrogens is 1. The van der Waals surface area contributed by atoms with Gasteiger partial charge in [0.05, 0.1) is 32.1 Å². The molecule has 6 atom stereocenters. The van der Waals surface area contributed by atoms with Crippen LogP contribution in [0.2, 0.25) is 0 Å². The van der Waals surface area contributed by atoms with Crippen molar-refractivity contribution in [2.45, 2.75) is 75.8 Å². The molecule has 1 aromatic heterocycles. The number of hydrogen-bond acceptors (Lipinski definition) is 13. The summed E-state index contributed by atoms with van der Waals surface area (Å²) >= 11 is 3.97. The molecule has 2 rings (SSSR count). The van der Waals surface area contributed by atoms with Crippen molar-refractivity contribution in [1.29, 1.82) is 0 Å². The van der Waals surface area contributed by atoms with E-state index in [-0.39, 0.29) is 12.2 Å². The van der Waals surface area contributed by atoms with Gasteiger partial charge in [0, 0.05) is 29.3 Å². The lowest BCUT2D eigenvalue weighted by Gasteiger charge is -2.22. The van der Waals surface area contributed by atoms with Crippen LogP contribution in [0, 0.1) is 0 Å². The third kappa shape index (κ3) is 17.0. The van der Waals surface area contributed by atoms with E-state index in [4.69, 9.17) is 15.9 Å². The van der Waals surface area contributed by atoms with Crippen LogP contribution >= 0.6 is 12.6 Å². The van der Waals surface area contributed by atoms with Crippen LogP contribution in [0.1, 0.15) is 38.7 Å². The number of rotatable bonds is 25. The molecule has 24 nitrogen and oxygen atoms in total. The molecule has 0 radical (unpaired) electrons. The monoisotopic (exact) mass is 864 g/mol. The van der Waals surface area contributed by atoms with E-state index in [9.17, 15) is 57.8 Å². The van der Waals surface area contributed by atoms with E-state index < -0.39 is 140 Å². The maximum atomic E-state index is 12.9. The molecule has 0 spiro atoms. The van der Waals surface area contributed by atoms with Crippen molar-refractivity contribution in [2.24, 2.45) is 5.73 Å². The second kappa shape index (κ2) is 24.2. The Bertz CT molecular complexity index is 1940. The molecule has 0 fully saturated rings. The number of carboxylic acid groups (broad SMARTS) is 3. The van der Waals surface area contributed by atoms with Crippen molar-refractivity contribution in [3.8, 4) is 0 Å². The van der Waals surface area contributed by atoms with Gasteiger partial charge in [-0.2, -0.15) is 12.6 Å². The summed E-state index contributed by atoms with van der Waals surface area (Å²) in [7, 11) is 0. The van der Waals surface area contributed by atoms with Gasteiger partial charge in [-0.05, 0) is 38.3 Å². The summed E-state index contributed by atoms with van der Waals surface area (Å²) in [5.41, 5.74) is 7.72. The normalized spacial score (nSPS) is 13.7. The van der Waals surface area contributed by atoms with Crippen LogP contribution in [0.3, 0.4) is 0 Å². The SMILES string of the molecule is C[C@H](NC(=O)[C@H](CC(=O)O)NC(=O)CNC(=O)CNC(=O)[C@H](C)NC(=O)[C@@H](N)Cc1c[nH]c2ccccc12)C(=O)N[C@@H](CS)C(=O)NCC(=O)N[C@@H](CCC(=O)O)C(=O)O. The highest BCUT2D eigenvalue weighted by molar-refractivity contribution is 7.80. The molecule has 8 amide bonds. The number of thiol groups is 1. The molecule has 0 unspecified atom stereocenters. The van der Waals surface area contributed by atoms with Gasteiger partial charge in [0.15, 0.2) is 0 Å². The van der Waals surface area contributed by atoms with E-state index in [0.717, 1.165) is 23.4 Å². The summed E-state index contributed by atoms with van der Waals surface area (Å²) in [6.07, 6.45) is -0.00584. The van der Waals surface area contributed by atoms with Crippen molar-refractivity contribution in [2.75, 3.05) is 25.4 Å². The maximum absolute atomic E-state index is 12.9. The molecule has 0 aliphatic heterocycles. The van der Waals surface area contributed by atoms with Crippen molar-refractivity contribution in [1.82, 2.24) is 47.5 Å². The highest BCUT2D eigenvalue weighted by Crippen LogP contribution is 2.18. The van der Waals surface area contributed by atoms with Crippen molar-refractivity contribution < 1.29 is 68.1 Å². The molecule has 1 aromatic carbocycles. The number of carbonyl (C=O) groups excluding carboxylic acids is 8. The fourth-order valence-corrected chi connectivity index (χ4v) is 5.40. The summed E-state index contributed by atoms with van der Waals surface area (Å²) in [6, 6.07) is -0.768. The summed E-state index contributed by atoms with van der Waals surface area (Å²) in [6.45, 7) is 0.385. The number of nitrogens with one attached hydrogen (secondary N) is 9. The Morgan fingerprint density at radius 3 is 1.83 bits per heavy atom. The minimum Gasteiger partial charge on any atom is -0.481 e. The number of aromatic amines is 1. The van der Waals surface area contributed by atoms with Gasteiger partial charge in [-0.1, -0.05) is 18.2 Å². The topological polar surface area (TPSA) is 387 Å². The molecule has 328 valence electrons. The molecule has 1 heterocycles. The fraction of sp³-hybridized carbons (Fsp3) is 0.457. The Morgan fingerprint density at radius 1 is 0.650 bits per heavy atom. The number of amides is 8. The van der Waals surface area contributed by atoms with Gasteiger partial charge in [0.1, 0.15) is 30.2 Å². The van der Waals surface area contributed by atoms with Crippen LogP contribution in [0.15, 0.2) is 30.5 Å². The number of fused-ring (bicyclic) bond motifs is 1.